The molecule has 0 bridgehead atoms. The summed E-state index contributed by atoms with van der Waals surface area (Å²) in [6.07, 6.45) is 3.30. The highest BCUT2D eigenvalue weighted by atomic mass is 35.5. The predicted octanol–water partition coefficient (Wildman–Crippen LogP) is 4.92. The number of rotatable bonds is 9. The van der Waals surface area contributed by atoms with Gasteiger partial charge in [0, 0.05) is 11.1 Å². The lowest BCUT2D eigenvalue weighted by Gasteiger charge is -2.15. The smallest absolute Gasteiger partial charge is 0.262 e. The van der Waals surface area contributed by atoms with Gasteiger partial charge in [0.1, 0.15) is 5.76 Å². The van der Waals surface area contributed by atoms with E-state index in [1.54, 1.807) is 36.6 Å². The van der Waals surface area contributed by atoms with Gasteiger partial charge in [0.25, 0.3) is 5.56 Å². The van der Waals surface area contributed by atoms with Crippen molar-refractivity contribution in [2.24, 2.45) is 0 Å². The molecule has 2 aromatic heterocycles. The van der Waals surface area contributed by atoms with Crippen LogP contribution in [0.2, 0.25) is 5.02 Å². The number of benzene rings is 2. The fourth-order valence-corrected chi connectivity index (χ4v) is 4.50. The quantitative estimate of drug-likeness (QED) is 0.271. The average molecular weight is 482 g/mol. The minimum Gasteiger partial charge on any atom is -0.467 e. The predicted molar refractivity (Wildman–Crippen MR) is 132 cm³/mol. The van der Waals surface area contributed by atoms with Crippen molar-refractivity contribution >= 4 is 40.2 Å². The third-order valence-electron chi connectivity index (χ3n) is 5.22. The fourth-order valence-electron chi connectivity index (χ4n) is 3.53. The lowest BCUT2D eigenvalue weighted by molar-refractivity contribution is -0.119. The molecule has 1 amide bonds. The number of hydrogen-bond donors (Lipinski definition) is 1. The van der Waals surface area contributed by atoms with Gasteiger partial charge >= 0.3 is 0 Å². The van der Waals surface area contributed by atoms with Gasteiger partial charge in [0.2, 0.25) is 5.91 Å². The van der Waals surface area contributed by atoms with Crippen molar-refractivity contribution in [1.82, 2.24) is 14.9 Å². The van der Waals surface area contributed by atoms with E-state index < -0.39 is 0 Å². The van der Waals surface area contributed by atoms with E-state index in [9.17, 15) is 9.59 Å². The van der Waals surface area contributed by atoms with Crippen molar-refractivity contribution in [2.75, 3.05) is 5.75 Å². The van der Waals surface area contributed by atoms with Crippen LogP contribution in [0, 0.1) is 0 Å². The van der Waals surface area contributed by atoms with Crippen LogP contribution in [0.3, 0.4) is 0 Å². The summed E-state index contributed by atoms with van der Waals surface area (Å²) >= 11 is 7.33. The maximum Gasteiger partial charge on any atom is 0.262 e. The zero-order valence-corrected chi connectivity index (χ0v) is 19.7. The van der Waals surface area contributed by atoms with Crippen molar-refractivity contribution in [3.05, 3.63) is 93.6 Å². The van der Waals surface area contributed by atoms with Crippen LogP contribution in [0.1, 0.15) is 24.7 Å². The van der Waals surface area contributed by atoms with E-state index in [0.29, 0.717) is 26.8 Å². The number of hydrogen-bond acceptors (Lipinski definition) is 5. The highest BCUT2D eigenvalue weighted by molar-refractivity contribution is 7.99. The molecule has 170 valence electrons. The van der Waals surface area contributed by atoms with Crippen molar-refractivity contribution < 1.29 is 9.21 Å². The molecule has 0 fully saturated rings. The molecule has 6 nitrogen and oxygen atoms in total. The van der Waals surface area contributed by atoms with Gasteiger partial charge in [-0.3, -0.25) is 14.2 Å². The molecule has 0 saturated heterocycles. The largest absolute Gasteiger partial charge is 0.467 e. The Hall–Kier alpha value is -3.03. The Morgan fingerprint density at radius 1 is 1.18 bits per heavy atom. The van der Waals surface area contributed by atoms with Crippen LogP contribution >= 0.6 is 23.4 Å². The van der Waals surface area contributed by atoms with Crippen LogP contribution in [0.15, 0.2) is 81.3 Å². The minimum absolute atomic E-state index is 0.0342. The van der Waals surface area contributed by atoms with E-state index in [2.05, 4.69) is 22.4 Å². The zero-order chi connectivity index (χ0) is 23.2. The van der Waals surface area contributed by atoms with Gasteiger partial charge < -0.3 is 9.73 Å². The van der Waals surface area contributed by atoms with E-state index in [1.807, 2.05) is 25.1 Å². The number of furan rings is 1. The summed E-state index contributed by atoms with van der Waals surface area (Å²) in [6, 6.07) is 18.8. The van der Waals surface area contributed by atoms with Crippen molar-refractivity contribution in [1.29, 1.82) is 0 Å². The first-order valence-corrected chi connectivity index (χ1v) is 12.0. The molecular formula is C25H24ClN3O3S. The van der Waals surface area contributed by atoms with E-state index in [-0.39, 0.29) is 29.8 Å². The van der Waals surface area contributed by atoms with E-state index in [0.717, 1.165) is 12.8 Å². The number of nitrogens with one attached hydrogen (secondary N) is 1. The van der Waals surface area contributed by atoms with E-state index in [1.165, 1.54) is 21.9 Å². The number of thioether (sulfide) groups is 1. The van der Waals surface area contributed by atoms with E-state index >= 15 is 0 Å². The molecule has 2 aromatic carbocycles. The first-order chi connectivity index (χ1) is 16.0. The highest BCUT2D eigenvalue weighted by Crippen LogP contribution is 2.21. The second kappa shape index (κ2) is 10.7. The minimum atomic E-state index is -0.202. The zero-order valence-electron chi connectivity index (χ0n) is 18.2. The van der Waals surface area contributed by atoms with Gasteiger partial charge in [-0.25, -0.2) is 4.98 Å². The Labute approximate surface area is 201 Å². The highest BCUT2D eigenvalue weighted by Gasteiger charge is 2.16. The molecule has 0 aliphatic rings. The summed E-state index contributed by atoms with van der Waals surface area (Å²) in [5, 5.41) is 4.44. The average Bonchev–Trinajstić information content (AvgIpc) is 3.32. The first kappa shape index (κ1) is 23.1. The fraction of sp³-hybridized carbons (Fsp3) is 0.240. The molecule has 0 spiro atoms. The molecule has 2 heterocycles. The molecule has 1 atom stereocenters. The summed E-state index contributed by atoms with van der Waals surface area (Å²) in [5.41, 5.74) is 1.54. The van der Waals surface area contributed by atoms with Crippen LogP contribution in [-0.4, -0.2) is 27.3 Å². The molecule has 1 N–H and O–H groups in total. The van der Waals surface area contributed by atoms with E-state index in [4.69, 9.17) is 16.0 Å². The maximum atomic E-state index is 13.2. The first-order valence-electron chi connectivity index (χ1n) is 10.7. The van der Waals surface area contributed by atoms with Gasteiger partial charge in [-0.1, -0.05) is 53.7 Å². The van der Waals surface area contributed by atoms with Crippen molar-refractivity contribution in [2.45, 2.75) is 37.5 Å². The Bertz CT molecular complexity index is 1290. The summed E-state index contributed by atoms with van der Waals surface area (Å²) in [7, 11) is 0. The SMILES string of the molecule is CC(CCc1ccccc1)NC(=O)CSc1nc2cc(Cl)ccc2c(=O)n1Cc1ccco1. The Morgan fingerprint density at radius 3 is 2.76 bits per heavy atom. The van der Waals surface area contributed by atoms with Gasteiger partial charge in [0.15, 0.2) is 5.16 Å². The summed E-state index contributed by atoms with van der Waals surface area (Å²) in [4.78, 5) is 30.4. The molecular weight excluding hydrogens is 458 g/mol. The number of aromatic nitrogens is 2. The number of fused-ring (bicyclic) bond motifs is 1. The van der Waals surface area contributed by atoms with Gasteiger partial charge in [-0.15, -0.1) is 0 Å². The third-order valence-corrected chi connectivity index (χ3v) is 6.44. The normalized spacial score (nSPS) is 12.1. The molecule has 4 aromatic rings. The third kappa shape index (κ3) is 6.06. The van der Waals surface area contributed by atoms with Gasteiger partial charge in [-0.05, 0) is 55.7 Å². The van der Waals surface area contributed by atoms with Gasteiger partial charge in [-0.2, -0.15) is 0 Å². The summed E-state index contributed by atoms with van der Waals surface area (Å²) in [5.74, 6) is 0.672. The standard InChI is InChI=1S/C25H24ClN3O3S/c1-17(9-10-18-6-3-2-4-7-18)27-23(30)16-33-25-28-22-14-19(26)11-12-21(22)24(31)29(25)15-20-8-5-13-32-20/h2-8,11-14,17H,9-10,15-16H2,1H3,(H,27,30). The number of carbonyl (C=O) groups excluding carboxylic acids is 1. The van der Waals surface area contributed by atoms with Crippen LogP contribution in [0.5, 0.6) is 0 Å². The number of aryl methyl sites for hydroxylation is 1. The summed E-state index contributed by atoms with van der Waals surface area (Å²) in [6.45, 7) is 2.23. The van der Waals surface area contributed by atoms with Crippen LogP contribution in [-0.2, 0) is 17.8 Å². The molecule has 1 unspecified atom stereocenters. The number of carbonyl (C=O) groups is 1. The van der Waals surface area contributed by atoms with Crippen molar-refractivity contribution in [3.63, 3.8) is 0 Å². The van der Waals surface area contributed by atoms with Crippen molar-refractivity contribution in [3.8, 4) is 0 Å². The molecule has 33 heavy (non-hydrogen) atoms. The van der Waals surface area contributed by atoms with Crippen LogP contribution in [0.4, 0.5) is 0 Å². The monoisotopic (exact) mass is 481 g/mol. The van der Waals surface area contributed by atoms with Crippen LogP contribution in [0.25, 0.3) is 10.9 Å². The summed E-state index contributed by atoms with van der Waals surface area (Å²) < 4.78 is 6.96. The second-order valence-electron chi connectivity index (χ2n) is 7.81. The molecule has 0 radical (unpaired) electrons. The lowest BCUT2D eigenvalue weighted by atomic mass is 10.1. The number of nitrogens with zero attached hydrogens (tertiary/aromatic N) is 2. The lowest BCUT2D eigenvalue weighted by Crippen LogP contribution is -2.34. The molecule has 0 aliphatic heterocycles. The Morgan fingerprint density at radius 2 is 2.00 bits per heavy atom. The Balaban J connectivity index is 1.46. The number of halogens is 1. The molecule has 4 rings (SSSR count). The topological polar surface area (TPSA) is 77.1 Å². The maximum absolute atomic E-state index is 13.2. The Kier molecular flexibility index (Phi) is 7.52. The second-order valence-corrected chi connectivity index (χ2v) is 9.19. The van der Waals surface area contributed by atoms with Crippen LogP contribution < -0.4 is 10.9 Å². The molecule has 0 aliphatic carbocycles. The molecule has 8 heteroatoms. The molecule has 0 saturated carbocycles. The van der Waals surface area contributed by atoms with Gasteiger partial charge in [0.05, 0.1) is 29.5 Å². The number of amides is 1.